The molecule has 30 heavy (non-hydrogen) atoms. The Kier molecular flexibility index (Phi) is 4.54. The molecule has 2 heterocycles. The van der Waals surface area contributed by atoms with Crippen LogP contribution in [-0.4, -0.2) is 16.9 Å². The van der Waals surface area contributed by atoms with Crippen LogP contribution in [0.1, 0.15) is 11.1 Å². The minimum atomic E-state index is -0.460. The van der Waals surface area contributed by atoms with Gasteiger partial charge in [0.1, 0.15) is 0 Å². The first-order valence-corrected chi connectivity index (χ1v) is 9.46. The number of nitrogens with zero attached hydrogens (tertiary/aromatic N) is 2. The van der Waals surface area contributed by atoms with Gasteiger partial charge in [0.05, 0.1) is 6.20 Å². The summed E-state index contributed by atoms with van der Waals surface area (Å²) in [6.07, 6.45) is 3.42. The first-order valence-electron chi connectivity index (χ1n) is 9.46. The zero-order valence-electron chi connectivity index (χ0n) is 15.9. The van der Waals surface area contributed by atoms with Crippen LogP contribution in [0, 0.1) is 0 Å². The highest BCUT2D eigenvalue weighted by Gasteiger charge is 2.23. The second kappa shape index (κ2) is 7.64. The lowest BCUT2D eigenvalue weighted by molar-refractivity contribution is -0.129. The first kappa shape index (κ1) is 17.8. The molecule has 1 aliphatic rings. The van der Waals surface area contributed by atoms with Crippen molar-refractivity contribution in [2.75, 3.05) is 0 Å². The van der Waals surface area contributed by atoms with Gasteiger partial charge in [0.15, 0.2) is 11.5 Å². The summed E-state index contributed by atoms with van der Waals surface area (Å²) in [6, 6.07) is 26.7. The van der Waals surface area contributed by atoms with E-state index in [-0.39, 0.29) is 5.70 Å². The van der Waals surface area contributed by atoms with Crippen molar-refractivity contribution in [2.45, 2.75) is 0 Å². The van der Waals surface area contributed by atoms with E-state index in [4.69, 9.17) is 9.15 Å². The number of hydrogen-bond acceptors (Lipinski definition) is 5. The lowest BCUT2D eigenvalue weighted by Crippen LogP contribution is -2.04. The zero-order chi connectivity index (χ0) is 20.3. The molecule has 1 aromatic heterocycles. The third-order valence-corrected chi connectivity index (χ3v) is 4.67. The van der Waals surface area contributed by atoms with Crippen LogP contribution in [0.5, 0.6) is 0 Å². The monoisotopic (exact) mass is 392 g/mol. The number of ether oxygens (including phenoxy) is 1. The maximum atomic E-state index is 12.2. The van der Waals surface area contributed by atoms with Crippen molar-refractivity contribution in [3.8, 4) is 22.8 Å². The van der Waals surface area contributed by atoms with Gasteiger partial charge in [-0.2, -0.15) is 0 Å². The molecule has 0 aliphatic carbocycles. The van der Waals surface area contributed by atoms with E-state index in [2.05, 4.69) is 9.98 Å². The molecule has 0 saturated heterocycles. The third-order valence-electron chi connectivity index (χ3n) is 4.67. The van der Waals surface area contributed by atoms with E-state index >= 15 is 0 Å². The Morgan fingerprint density at radius 1 is 0.733 bits per heavy atom. The van der Waals surface area contributed by atoms with E-state index in [1.165, 1.54) is 0 Å². The Labute approximate surface area is 173 Å². The van der Waals surface area contributed by atoms with Crippen LogP contribution in [0.3, 0.4) is 0 Å². The van der Waals surface area contributed by atoms with Gasteiger partial charge < -0.3 is 9.15 Å². The predicted molar refractivity (Wildman–Crippen MR) is 114 cm³/mol. The fraction of sp³-hybridized carbons (Fsp3) is 0. The number of aromatic nitrogens is 1. The molecule has 0 atom stereocenters. The van der Waals surface area contributed by atoms with Gasteiger partial charge >= 0.3 is 5.97 Å². The average Bonchev–Trinajstić information content (AvgIpc) is 3.43. The number of esters is 1. The summed E-state index contributed by atoms with van der Waals surface area (Å²) in [7, 11) is 0. The van der Waals surface area contributed by atoms with Gasteiger partial charge in [-0.3, -0.25) is 0 Å². The van der Waals surface area contributed by atoms with Crippen molar-refractivity contribution in [3.05, 3.63) is 108 Å². The summed E-state index contributed by atoms with van der Waals surface area (Å²) < 4.78 is 11.2. The van der Waals surface area contributed by atoms with Crippen molar-refractivity contribution < 1.29 is 13.9 Å². The van der Waals surface area contributed by atoms with E-state index in [9.17, 15) is 4.79 Å². The number of cyclic esters (lactones) is 1. The Morgan fingerprint density at radius 3 is 2.10 bits per heavy atom. The predicted octanol–water partition coefficient (Wildman–Crippen LogP) is 5.35. The highest BCUT2D eigenvalue weighted by atomic mass is 16.6. The molecule has 5 heteroatoms. The highest BCUT2D eigenvalue weighted by Crippen LogP contribution is 2.27. The summed E-state index contributed by atoms with van der Waals surface area (Å²) >= 11 is 0. The Morgan fingerprint density at radius 2 is 1.40 bits per heavy atom. The van der Waals surface area contributed by atoms with Gasteiger partial charge in [0, 0.05) is 16.7 Å². The molecule has 0 radical (unpaired) electrons. The fourth-order valence-corrected chi connectivity index (χ4v) is 3.14. The second-order valence-corrected chi connectivity index (χ2v) is 6.72. The third kappa shape index (κ3) is 3.56. The second-order valence-electron chi connectivity index (χ2n) is 6.72. The Balaban J connectivity index is 1.37. The maximum Gasteiger partial charge on any atom is 0.363 e. The smallest absolute Gasteiger partial charge is 0.363 e. The molecule has 0 fully saturated rings. The molecule has 4 aromatic rings. The average molecular weight is 392 g/mol. The summed E-state index contributed by atoms with van der Waals surface area (Å²) in [5.74, 6) is 1.11. The van der Waals surface area contributed by atoms with E-state index in [1.54, 1.807) is 12.3 Å². The molecule has 0 unspecified atom stereocenters. The van der Waals surface area contributed by atoms with Gasteiger partial charge in [0.2, 0.25) is 11.8 Å². The molecule has 144 valence electrons. The standard InChI is InChI=1S/C25H16N2O3/c28-25-21(27-24(30-25)19-9-5-2-6-10-19)15-17-11-13-20(14-12-17)23-26-16-22(29-23)18-7-3-1-4-8-18/h1-16H/b21-15-. The van der Waals surface area contributed by atoms with Crippen LogP contribution >= 0.6 is 0 Å². The van der Waals surface area contributed by atoms with E-state index in [0.29, 0.717) is 17.5 Å². The van der Waals surface area contributed by atoms with Gasteiger partial charge in [-0.15, -0.1) is 0 Å². The summed E-state index contributed by atoms with van der Waals surface area (Å²) in [5, 5.41) is 0. The van der Waals surface area contributed by atoms with Gasteiger partial charge in [0.25, 0.3) is 0 Å². The van der Waals surface area contributed by atoms with Crippen molar-refractivity contribution in [1.29, 1.82) is 0 Å². The van der Waals surface area contributed by atoms with Crippen LogP contribution in [0.15, 0.2) is 106 Å². The quantitative estimate of drug-likeness (QED) is 0.347. The molecule has 0 bridgehead atoms. The maximum absolute atomic E-state index is 12.2. The minimum absolute atomic E-state index is 0.268. The molecule has 5 rings (SSSR count). The van der Waals surface area contributed by atoms with Crippen LogP contribution in [0.2, 0.25) is 0 Å². The Bertz CT molecular complexity index is 1250. The van der Waals surface area contributed by atoms with Gasteiger partial charge in [-0.1, -0.05) is 60.7 Å². The van der Waals surface area contributed by atoms with Crippen molar-refractivity contribution >= 4 is 17.9 Å². The number of benzene rings is 3. The molecule has 0 saturated carbocycles. The summed E-state index contributed by atoms with van der Waals surface area (Å²) in [5.41, 5.74) is 3.69. The molecule has 1 aliphatic heterocycles. The molecular weight excluding hydrogens is 376 g/mol. The zero-order valence-corrected chi connectivity index (χ0v) is 15.9. The molecule has 0 N–H and O–H groups in total. The molecule has 0 amide bonds. The number of carbonyl (C=O) groups is 1. The normalized spacial score (nSPS) is 14.6. The number of oxazole rings is 1. The first-order chi connectivity index (χ1) is 14.8. The molecule has 3 aromatic carbocycles. The molecule has 5 nitrogen and oxygen atoms in total. The number of aliphatic imine (C=N–C) groups is 1. The van der Waals surface area contributed by atoms with Crippen molar-refractivity contribution in [1.82, 2.24) is 4.98 Å². The minimum Gasteiger partial charge on any atom is -0.436 e. The number of hydrogen-bond donors (Lipinski definition) is 0. The Hall–Kier alpha value is -4.25. The van der Waals surface area contributed by atoms with Crippen LogP contribution in [0.25, 0.3) is 28.9 Å². The largest absolute Gasteiger partial charge is 0.436 e. The van der Waals surface area contributed by atoms with Crippen molar-refractivity contribution in [3.63, 3.8) is 0 Å². The number of carbonyl (C=O) groups excluding carboxylic acids is 1. The van der Waals surface area contributed by atoms with E-state index in [1.807, 2.05) is 84.9 Å². The summed E-state index contributed by atoms with van der Waals surface area (Å²) in [6.45, 7) is 0. The van der Waals surface area contributed by atoms with Crippen molar-refractivity contribution in [2.24, 2.45) is 4.99 Å². The fourth-order valence-electron chi connectivity index (χ4n) is 3.14. The van der Waals surface area contributed by atoms with E-state index in [0.717, 1.165) is 22.3 Å². The molecular formula is C25H16N2O3. The van der Waals surface area contributed by atoms with E-state index < -0.39 is 5.97 Å². The topological polar surface area (TPSA) is 64.7 Å². The van der Waals surface area contributed by atoms with Gasteiger partial charge in [-0.25, -0.2) is 14.8 Å². The lowest BCUT2D eigenvalue weighted by atomic mass is 10.1. The lowest BCUT2D eigenvalue weighted by Gasteiger charge is -1.98. The highest BCUT2D eigenvalue weighted by molar-refractivity contribution is 6.12. The molecule has 0 spiro atoms. The summed E-state index contributed by atoms with van der Waals surface area (Å²) in [4.78, 5) is 20.9. The van der Waals surface area contributed by atoms with Crippen LogP contribution in [-0.2, 0) is 9.53 Å². The number of rotatable bonds is 4. The van der Waals surface area contributed by atoms with Gasteiger partial charge in [-0.05, 0) is 35.9 Å². The SMILES string of the molecule is O=C1OC(c2ccccc2)=N/C1=C\c1ccc(-c2ncc(-c3ccccc3)o2)cc1. The van der Waals surface area contributed by atoms with Crippen LogP contribution in [0.4, 0.5) is 0 Å². The van der Waals surface area contributed by atoms with Crippen LogP contribution < -0.4 is 0 Å².